The van der Waals surface area contributed by atoms with Crippen LogP contribution in [-0.2, 0) is 43.6 Å². The molecule has 1 aliphatic heterocycles. The number of nitrogens with zero attached hydrogens (tertiary/aromatic N) is 1. The molecular formula is C41H55N5O7S. The van der Waals surface area contributed by atoms with Gasteiger partial charge in [0.25, 0.3) is 10.0 Å². The average Bonchev–Trinajstić information content (AvgIpc) is 3.07. The molecule has 1 heterocycles. The first-order valence-electron chi connectivity index (χ1n) is 18.3. The number of nitrogens with one attached hydrogen (secondary N) is 3. The summed E-state index contributed by atoms with van der Waals surface area (Å²) in [7, 11) is -4.10. The zero-order valence-electron chi connectivity index (χ0n) is 32.7. The van der Waals surface area contributed by atoms with Crippen molar-refractivity contribution in [2.24, 2.45) is 10.7 Å². The molecule has 3 aromatic carbocycles. The summed E-state index contributed by atoms with van der Waals surface area (Å²) >= 11 is 0. The monoisotopic (exact) mass is 761 g/mol. The minimum Gasteiger partial charge on any atom is -0.487 e. The van der Waals surface area contributed by atoms with Crippen LogP contribution < -0.4 is 25.8 Å². The van der Waals surface area contributed by atoms with Crippen LogP contribution in [-0.4, -0.2) is 62.0 Å². The lowest BCUT2D eigenvalue weighted by Crippen LogP contribution is -2.53. The van der Waals surface area contributed by atoms with Crippen LogP contribution >= 0.6 is 0 Å². The smallest absolute Gasteiger partial charge is 0.408 e. The standard InChI is InChI=1S/C41H55N5O7S/c1-26-27(2)36(28(3)31-21-22-41(7,8)52-35(26)31)54(50,51)46-38(42)43-23-15-20-32(34(47)25-30-18-13-10-14-19-30)44-37(48)33(24-29-16-11-9-12-17-29)45-39(49)53-40(4,5)6/h9-14,16-19,32-33H,15,20-25H2,1-8H3,(H,44,48)(H,45,49)(H3,42,43,46)/t32-,33-/m0/s1. The first-order valence-corrected chi connectivity index (χ1v) is 19.8. The van der Waals surface area contributed by atoms with Crippen molar-refractivity contribution in [3.05, 3.63) is 94.0 Å². The lowest BCUT2D eigenvalue weighted by molar-refractivity contribution is -0.128. The Labute approximate surface area is 319 Å². The van der Waals surface area contributed by atoms with Gasteiger partial charge in [0, 0.05) is 19.4 Å². The molecule has 0 aromatic heterocycles. The summed E-state index contributed by atoms with van der Waals surface area (Å²) in [4.78, 5) is 44.6. The second-order valence-corrected chi connectivity index (χ2v) is 17.1. The Morgan fingerprint density at radius 3 is 2.13 bits per heavy atom. The maximum Gasteiger partial charge on any atom is 0.408 e. The molecule has 13 heteroatoms. The highest BCUT2D eigenvalue weighted by Crippen LogP contribution is 2.42. The number of alkyl carbamates (subject to hydrolysis) is 1. The van der Waals surface area contributed by atoms with Crippen molar-refractivity contribution in [2.45, 2.75) is 122 Å². The van der Waals surface area contributed by atoms with Gasteiger partial charge < -0.3 is 25.8 Å². The number of carbonyl (C=O) groups is 3. The lowest BCUT2D eigenvalue weighted by atomic mass is 9.88. The van der Waals surface area contributed by atoms with E-state index in [2.05, 4.69) is 20.3 Å². The Morgan fingerprint density at radius 1 is 0.907 bits per heavy atom. The first-order chi connectivity index (χ1) is 25.3. The summed E-state index contributed by atoms with van der Waals surface area (Å²) in [6.07, 6.45) is 1.40. The molecular weight excluding hydrogens is 707 g/mol. The normalized spacial score (nSPS) is 15.2. The molecule has 0 saturated carbocycles. The summed E-state index contributed by atoms with van der Waals surface area (Å²) in [5.41, 5.74) is 9.40. The molecule has 1 aliphatic rings. The van der Waals surface area contributed by atoms with Crippen LogP contribution in [0.1, 0.15) is 87.3 Å². The van der Waals surface area contributed by atoms with E-state index in [0.29, 0.717) is 24.0 Å². The molecule has 4 rings (SSSR count). The average molecular weight is 762 g/mol. The van der Waals surface area contributed by atoms with Gasteiger partial charge in [-0.2, -0.15) is 0 Å². The summed E-state index contributed by atoms with van der Waals surface area (Å²) in [6, 6.07) is 16.4. The van der Waals surface area contributed by atoms with Gasteiger partial charge >= 0.3 is 6.09 Å². The molecule has 12 nitrogen and oxygen atoms in total. The number of benzene rings is 3. The zero-order valence-corrected chi connectivity index (χ0v) is 33.5. The molecule has 0 saturated heterocycles. The zero-order chi connectivity index (χ0) is 39.8. The van der Waals surface area contributed by atoms with Crippen molar-refractivity contribution in [3.8, 4) is 5.75 Å². The predicted octanol–water partition coefficient (Wildman–Crippen LogP) is 5.52. The van der Waals surface area contributed by atoms with E-state index in [-0.39, 0.29) is 48.0 Å². The molecule has 0 radical (unpaired) electrons. The van der Waals surface area contributed by atoms with Gasteiger partial charge in [0.2, 0.25) is 11.9 Å². The Balaban J connectivity index is 1.49. The number of aliphatic imine (C=N–C) groups is 1. The predicted molar refractivity (Wildman–Crippen MR) is 210 cm³/mol. The highest BCUT2D eigenvalue weighted by atomic mass is 32.2. The second-order valence-electron chi connectivity index (χ2n) is 15.5. The third-order valence-corrected chi connectivity index (χ3v) is 11.0. The third kappa shape index (κ3) is 11.5. The third-order valence-electron chi connectivity index (χ3n) is 9.32. The molecule has 0 aliphatic carbocycles. The number of hydrogen-bond donors (Lipinski definition) is 4. The maximum absolute atomic E-state index is 13.8. The number of carbonyl (C=O) groups excluding carboxylic acids is 3. The van der Waals surface area contributed by atoms with Crippen molar-refractivity contribution < 1.29 is 32.3 Å². The summed E-state index contributed by atoms with van der Waals surface area (Å²) in [5.74, 6) is -0.337. The van der Waals surface area contributed by atoms with E-state index in [0.717, 1.165) is 34.4 Å². The fourth-order valence-electron chi connectivity index (χ4n) is 6.48. The van der Waals surface area contributed by atoms with Crippen molar-refractivity contribution in [3.63, 3.8) is 0 Å². The second kappa shape index (κ2) is 17.5. The topological polar surface area (TPSA) is 178 Å². The number of rotatable bonds is 14. The van der Waals surface area contributed by atoms with Crippen molar-refractivity contribution in [1.29, 1.82) is 0 Å². The van der Waals surface area contributed by atoms with E-state index in [1.165, 1.54) is 0 Å². The highest BCUT2D eigenvalue weighted by Gasteiger charge is 2.34. The van der Waals surface area contributed by atoms with Gasteiger partial charge in [-0.1, -0.05) is 60.7 Å². The van der Waals surface area contributed by atoms with Gasteiger partial charge in [-0.05, 0) is 114 Å². The van der Waals surface area contributed by atoms with Crippen LogP contribution in [0, 0.1) is 20.8 Å². The first kappa shape index (κ1) is 41.8. The lowest BCUT2D eigenvalue weighted by Gasteiger charge is -2.35. The molecule has 3 aromatic rings. The van der Waals surface area contributed by atoms with E-state index in [4.69, 9.17) is 15.2 Å². The molecule has 0 bridgehead atoms. The quantitative estimate of drug-likeness (QED) is 0.0943. The van der Waals surface area contributed by atoms with Gasteiger partial charge in [-0.3, -0.25) is 14.6 Å². The molecule has 0 unspecified atom stereocenters. The number of ether oxygens (including phenoxy) is 2. The molecule has 2 atom stereocenters. The number of nitrogens with two attached hydrogens (primary N) is 1. The Hall–Kier alpha value is -4.91. The van der Waals surface area contributed by atoms with Crippen LogP contribution in [0.3, 0.4) is 0 Å². The highest BCUT2D eigenvalue weighted by molar-refractivity contribution is 7.90. The van der Waals surface area contributed by atoms with Crippen molar-refractivity contribution >= 4 is 33.8 Å². The maximum atomic E-state index is 13.8. The van der Waals surface area contributed by atoms with Crippen LogP contribution in [0.15, 0.2) is 70.6 Å². The van der Waals surface area contributed by atoms with E-state index in [9.17, 15) is 22.8 Å². The van der Waals surface area contributed by atoms with Gasteiger partial charge in [-0.15, -0.1) is 0 Å². The molecule has 292 valence electrons. The Bertz CT molecular complexity index is 1960. The Kier molecular flexibility index (Phi) is 13.5. The van der Waals surface area contributed by atoms with Gasteiger partial charge in [0.15, 0.2) is 5.78 Å². The molecule has 54 heavy (non-hydrogen) atoms. The van der Waals surface area contributed by atoms with Crippen LogP contribution in [0.5, 0.6) is 5.75 Å². The fourth-order valence-corrected chi connectivity index (χ4v) is 8.01. The van der Waals surface area contributed by atoms with Crippen LogP contribution in [0.25, 0.3) is 0 Å². The minimum atomic E-state index is -4.10. The van der Waals surface area contributed by atoms with Gasteiger partial charge in [-0.25, -0.2) is 17.9 Å². The van der Waals surface area contributed by atoms with E-state index >= 15 is 0 Å². The molecule has 0 spiro atoms. The number of sulfonamides is 1. The van der Waals surface area contributed by atoms with E-state index < -0.39 is 39.7 Å². The summed E-state index contributed by atoms with van der Waals surface area (Å²) in [5, 5.41) is 5.53. The van der Waals surface area contributed by atoms with Crippen molar-refractivity contribution in [2.75, 3.05) is 6.54 Å². The van der Waals surface area contributed by atoms with Crippen molar-refractivity contribution in [1.82, 2.24) is 15.4 Å². The van der Waals surface area contributed by atoms with Gasteiger partial charge in [0.1, 0.15) is 23.0 Å². The number of Topliss-reactive ketones (excluding diaryl/α,β-unsaturated/α-hetero) is 1. The summed E-state index contributed by atoms with van der Waals surface area (Å²) in [6.45, 7) is 14.7. The fraction of sp³-hybridized carbons (Fsp3) is 0.463. The van der Waals surface area contributed by atoms with Gasteiger partial charge in [0.05, 0.1) is 10.9 Å². The molecule has 2 amide bonds. The number of hydrogen-bond acceptors (Lipinski definition) is 8. The number of amides is 2. The summed E-state index contributed by atoms with van der Waals surface area (Å²) < 4.78 is 41.5. The molecule has 0 fully saturated rings. The largest absolute Gasteiger partial charge is 0.487 e. The SMILES string of the molecule is Cc1c(C)c(S(=O)(=O)NC(N)=NCCC[C@H](NC(=O)[C@H](Cc2ccccc2)NC(=O)OC(C)(C)C)C(=O)Cc2ccccc2)c(C)c2c1OC(C)(C)CC2. The Morgan fingerprint density at radius 2 is 1.52 bits per heavy atom. The number of fused-ring (bicyclic) bond motifs is 1. The number of ketones is 1. The van der Waals surface area contributed by atoms with Crippen LogP contribution in [0.4, 0.5) is 4.79 Å². The van der Waals surface area contributed by atoms with E-state index in [1.54, 1.807) is 34.6 Å². The minimum absolute atomic E-state index is 0.0707. The number of guanidine groups is 1. The molecule has 5 N–H and O–H groups in total. The van der Waals surface area contributed by atoms with E-state index in [1.807, 2.05) is 81.4 Å². The van der Waals surface area contributed by atoms with Crippen LogP contribution in [0.2, 0.25) is 0 Å².